The normalized spacial score (nSPS) is 21.5. The van der Waals surface area contributed by atoms with Crippen LogP contribution in [0.1, 0.15) is 12.0 Å². The number of hydrogen-bond donors (Lipinski definition) is 1. The lowest BCUT2D eigenvalue weighted by Gasteiger charge is -2.29. The number of carbonyl (C=O) groups is 1. The van der Waals surface area contributed by atoms with Crippen LogP contribution in [0.4, 0.5) is 13.2 Å². The molecule has 2 fully saturated rings. The molecule has 11 heteroatoms. The van der Waals surface area contributed by atoms with E-state index in [0.717, 1.165) is 38.2 Å². The van der Waals surface area contributed by atoms with Gasteiger partial charge in [-0.2, -0.15) is 13.2 Å². The molecule has 1 aromatic rings. The number of ether oxygens (including phenoxy) is 1. The molecule has 2 saturated heterocycles. The topological polar surface area (TPSA) is 79.0 Å². The zero-order valence-electron chi connectivity index (χ0n) is 15.8. The third-order valence-electron chi connectivity index (χ3n) is 5.15. The second kappa shape index (κ2) is 8.99. The highest BCUT2D eigenvalue weighted by Gasteiger charge is 2.37. The van der Waals surface area contributed by atoms with Gasteiger partial charge in [-0.25, -0.2) is 13.1 Å². The van der Waals surface area contributed by atoms with Crippen LogP contribution in [0.15, 0.2) is 29.2 Å². The molecule has 2 heterocycles. The third-order valence-corrected chi connectivity index (χ3v) is 6.61. The fourth-order valence-electron chi connectivity index (χ4n) is 3.64. The summed E-state index contributed by atoms with van der Waals surface area (Å²) in [7, 11) is -4.47. The second-order valence-electron chi connectivity index (χ2n) is 7.23. The molecule has 0 unspecified atom stereocenters. The zero-order valence-corrected chi connectivity index (χ0v) is 16.6. The second-order valence-corrected chi connectivity index (χ2v) is 8.96. The predicted molar refractivity (Wildman–Crippen MR) is 98.6 cm³/mol. The van der Waals surface area contributed by atoms with Crippen molar-refractivity contribution in [3.63, 3.8) is 0 Å². The molecule has 1 aromatic carbocycles. The lowest BCUT2D eigenvalue weighted by molar-refractivity contribution is -0.139. The lowest BCUT2D eigenvalue weighted by atomic mass is 10.1. The fourth-order valence-corrected chi connectivity index (χ4v) is 4.84. The summed E-state index contributed by atoms with van der Waals surface area (Å²) in [6.45, 7) is 4.38. The summed E-state index contributed by atoms with van der Waals surface area (Å²) in [6, 6.07) is 3.91. The van der Waals surface area contributed by atoms with Crippen LogP contribution in [0.5, 0.6) is 0 Å². The van der Waals surface area contributed by atoms with Crippen LogP contribution in [-0.4, -0.2) is 76.6 Å². The Morgan fingerprint density at radius 3 is 2.55 bits per heavy atom. The van der Waals surface area contributed by atoms with Gasteiger partial charge in [0.25, 0.3) is 0 Å². The number of sulfonamides is 1. The first-order chi connectivity index (χ1) is 13.7. The van der Waals surface area contributed by atoms with Gasteiger partial charge in [-0.3, -0.25) is 9.69 Å². The van der Waals surface area contributed by atoms with E-state index in [1.807, 2.05) is 4.72 Å². The van der Waals surface area contributed by atoms with Gasteiger partial charge in [0.05, 0.1) is 30.2 Å². The number of nitrogens with zero attached hydrogens (tertiary/aromatic N) is 2. The number of hydrogen-bond acceptors (Lipinski definition) is 5. The number of morpholine rings is 1. The molecule has 0 spiro atoms. The first-order valence-corrected chi connectivity index (χ1v) is 10.9. The maximum absolute atomic E-state index is 13.1. The minimum absolute atomic E-state index is 0.291. The first-order valence-electron chi connectivity index (χ1n) is 9.40. The van der Waals surface area contributed by atoms with Crippen molar-refractivity contribution in [1.29, 1.82) is 0 Å². The molecule has 29 heavy (non-hydrogen) atoms. The molecule has 7 nitrogen and oxygen atoms in total. The molecule has 2 aliphatic rings. The van der Waals surface area contributed by atoms with Crippen molar-refractivity contribution in [3.8, 4) is 0 Å². The minimum Gasteiger partial charge on any atom is -0.379 e. The smallest absolute Gasteiger partial charge is 0.379 e. The summed E-state index contributed by atoms with van der Waals surface area (Å²) in [5, 5.41) is 0. The third kappa shape index (κ3) is 5.68. The highest BCUT2D eigenvalue weighted by atomic mass is 32.2. The number of halogens is 3. The van der Waals surface area contributed by atoms with E-state index in [1.54, 1.807) is 4.90 Å². The first kappa shape index (κ1) is 22.0. The summed E-state index contributed by atoms with van der Waals surface area (Å²) in [4.78, 5) is 15.3. The SMILES string of the molecule is O=C(CNS(=O)(=O)c1ccccc1C(F)(F)F)N1CC[C@@H](CN2CCOCC2)C1. The number of likely N-dealkylation sites (tertiary alicyclic amines) is 1. The average molecular weight is 435 g/mol. The van der Waals surface area contributed by atoms with Gasteiger partial charge in [-0.05, 0) is 24.5 Å². The Bertz CT molecular complexity index is 826. The van der Waals surface area contributed by atoms with E-state index in [4.69, 9.17) is 4.74 Å². The molecular weight excluding hydrogens is 411 g/mol. The quantitative estimate of drug-likeness (QED) is 0.726. The van der Waals surface area contributed by atoms with E-state index in [1.165, 1.54) is 6.07 Å². The van der Waals surface area contributed by atoms with E-state index < -0.39 is 39.1 Å². The van der Waals surface area contributed by atoms with Gasteiger partial charge in [-0.15, -0.1) is 0 Å². The zero-order chi connectivity index (χ0) is 21.1. The van der Waals surface area contributed by atoms with Gasteiger partial charge < -0.3 is 9.64 Å². The molecule has 0 saturated carbocycles. The van der Waals surface area contributed by atoms with Crippen molar-refractivity contribution in [2.24, 2.45) is 5.92 Å². The van der Waals surface area contributed by atoms with Crippen LogP contribution in [-0.2, 0) is 25.7 Å². The maximum Gasteiger partial charge on any atom is 0.417 e. The molecule has 0 aromatic heterocycles. The summed E-state index contributed by atoms with van der Waals surface area (Å²) in [5.74, 6) is -0.151. The summed E-state index contributed by atoms with van der Waals surface area (Å²) in [6.07, 6.45) is -4.00. The van der Waals surface area contributed by atoms with Crippen molar-refractivity contribution < 1.29 is 31.1 Å². The summed E-state index contributed by atoms with van der Waals surface area (Å²) in [5.41, 5.74) is -1.26. The fraction of sp³-hybridized carbons (Fsp3) is 0.611. The summed E-state index contributed by atoms with van der Waals surface area (Å²) < 4.78 is 71.3. The summed E-state index contributed by atoms with van der Waals surface area (Å²) >= 11 is 0. The molecule has 1 atom stereocenters. The Labute approximate surface area is 167 Å². The van der Waals surface area contributed by atoms with E-state index in [2.05, 4.69) is 4.90 Å². The van der Waals surface area contributed by atoms with E-state index >= 15 is 0 Å². The van der Waals surface area contributed by atoms with Gasteiger partial charge in [-0.1, -0.05) is 12.1 Å². The minimum atomic E-state index is -4.81. The van der Waals surface area contributed by atoms with Crippen LogP contribution < -0.4 is 4.72 Å². The number of alkyl halides is 3. The molecule has 2 aliphatic heterocycles. The molecule has 0 radical (unpaired) electrons. The highest BCUT2D eigenvalue weighted by molar-refractivity contribution is 7.89. The lowest BCUT2D eigenvalue weighted by Crippen LogP contribution is -2.41. The van der Waals surface area contributed by atoms with Crippen molar-refractivity contribution in [2.75, 3.05) is 52.5 Å². The van der Waals surface area contributed by atoms with Gasteiger partial charge in [0.1, 0.15) is 0 Å². The Morgan fingerprint density at radius 1 is 1.17 bits per heavy atom. The van der Waals surface area contributed by atoms with Crippen LogP contribution in [0, 0.1) is 5.92 Å². The Hall–Kier alpha value is -1.69. The van der Waals surface area contributed by atoms with E-state index in [0.29, 0.717) is 38.3 Å². The van der Waals surface area contributed by atoms with Crippen LogP contribution in [0.25, 0.3) is 0 Å². The molecule has 1 amide bonds. The van der Waals surface area contributed by atoms with Crippen molar-refractivity contribution in [3.05, 3.63) is 29.8 Å². The average Bonchev–Trinajstić information content (AvgIpc) is 3.15. The standard InChI is InChI=1S/C18H24F3N3O4S/c19-18(20,21)15-3-1-2-4-16(15)29(26,27)22-11-17(25)24-6-5-14(13-24)12-23-7-9-28-10-8-23/h1-4,14,22H,5-13H2/t14-/m0/s1. The molecule has 0 bridgehead atoms. The number of benzene rings is 1. The molecule has 0 aliphatic carbocycles. The van der Waals surface area contributed by atoms with Gasteiger partial charge >= 0.3 is 6.18 Å². The van der Waals surface area contributed by atoms with Crippen molar-refractivity contribution >= 4 is 15.9 Å². The van der Waals surface area contributed by atoms with Gasteiger partial charge in [0, 0.05) is 32.7 Å². The predicted octanol–water partition coefficient (Wildman–Crippen LogP) is 1.16. The monoisotopic (exact) mass is 435 g/mol. The van der Waals surface area contributed by atoms with E-state index in [-0.39, 0.29) is 0 Å². The van der Waals surface area contributed by atoms with Crippen molar-refractivity contribution in [2.45, 2.75) is 17.5 Å². The molecule has 162 valence electrons. The largest absolute Gasteiger partial charge is 0.417 e. The van der Waals surface area contributed by atoms with Crippen LogP contribution in [0.3, 0.4) is 0 Å². The molecule has 3 rings (SSSR count). The number of carbonyl (C=O) groups excluding carboxylic acids is 1. The van der Waals surface area contributed by atoms with Gasteiger partial charge in [0.2, 0.25) is 15.9 Å². The van der Waals surface area contributed by atoms with Crippen LogP contribution in [0.2, 0.25) is 0 Å². The number of rotatable bonds is 6. The van der Waals surface area contributed by atoms with Crippen LogP contribution >= 0.6 is 0 Å². The molecular formula is C18H24F3N3O4S. The van der Waals surface area contributed by atoms with Gasteiger partial charge in [0.15, 0.2) is 0 Å². The number of amides is 1. The van der Waals surface area contributed by atoms with Crippen molar-refractivity contribution in [1.82, 2.24) is 14.5 Å². The molecule has 1 N–H and O–H groups in total. The Morgan fingerprint density at radius 2 is 1.86 bits per heavy atom. The highest BCUT2D eigenvalue weighted by Crippen LogP contribution is 2.33. The van der Waals surface area contributed by atoms with E-state index in [9.17, 15) is 26.4 Å². The Kier molecular flexibility index (Phi) is 6.82. The Balaban J connectivity index is 1.55. The maximum atomic E-state index is 13.1. The number of nitrogens with one attached hydrogen (secondary N) is 1.